The molecule has 0 N–H and O–H groups in total. The van der Waals surface area contributed by atoms with E-state index in [0.717, 1.165) is 0 Å². The predicted molar refractivity (Wildman–Crippen MR) is 110 cm³/mol. The molecule has 9 heteroatoms. The van der Waals surface area contributed by atoms with Crippen molar-refractivity contribution in [2.24, 2.45) is 0 Å². The normalized spacial score (nSPS) is 38.5. The molecule has 0 radical (unpaired) electrons. The van der Waals surface area contributed by atoms with Gasteiger partial charge in [0.2, 0.25) is 10.0 Å². The zero-order valence-corrected chi connectivity index (χ0v) is 20.7. The van der Waals surface area contributed by atoms with Crippen LogP contribution in [0.15, 0.2) is 0 Å². The molecule has 1 unspecified atom stereocenters. The van der Waals surface area contributed by atoms with E-state index in [0.29, 0.717) is 6.54 Å². The van der Waals surface area contributed by atoms with E-state index in [4.69, 9.17) is 18.6 Å². The second-order valence-corrected chi connectivity index (χ2v) is 18.6. The van der Waals surface area contributed by atoms with Gasteiger partial charge in [-0.15, -0.1) is 0 Å². The van der Waals surface area contributed by atoms with Gasteiger partial charge < -0.3 is 18.6 Å². The summed E-state index contributed by atoms with van der Waals surface area (Å²) in [6.07, 6.45) is -1.63. The highest BCUT2D eigenvalue weighted by Crippen LogP contribution is 2.47. The fourth-order valence-corrected chi connectivity index (χ4v) is 6.15. The van der Waals surface area contributed by atoms with E-state index in [2.05, 4.69) is 33.9 Å². The number of rotatable bonds is 4. The van der Waals surface area contributed by atoms with E-state index in [9.17, 15) is 8.42 Å². The Morgan fingerprint density at radius 2 is 1.54 bits per heavy atom. The van der Waals surface area contributed by atoms with Crippen LogP contribution in [0, 0.1) is 0 Å². The van der Waals surface area contributed by atoms with Crippen molar-refractivity contribution in [2.45, 2.75) is 115 Å². The van der Waals surface area contributed by atoms with Crippen LogP contribution in [0.2, 0.25) is 18.1 Å². The van der Waals surface area contributed by atoms with Crippen molar-refractivity contribution in [3.05, 3.63) is 0 Å². The Hall–Kier alpha value is -0.0331. The lowest BCUT2D eigenvalue weighted by molar-refractivity contribution is -0.216. The zero-order valence-electron chi connectivity index (χ0n) is 18.9. The first-order chi connectivity index (χ1) is 12.4. The monoisotopic (exact) mass is 435 g/mol. The Labute approximate surface area is 171 Å². The average molecular weight is 436 g/mol. The summed E-state index contributed by atoms with van der Waals surface area (Å²) in [5.74, 6) is -0.741. The second kappa shape index (κ2) is 6.48. The first kappa shape index (κ1) is 22.6. The minimum absolute atomic E-state index is 0.0279. The smallest absolute Gasteiger partial charge is 0.219 e. The largest absolute Gasteiger partial charge is 0.390 e. The summed E-state index contributed by atoms with van der Waals surface area (Å²) < 4.78 is 51.3. The standard InChI is InChI=1S/C19H37NO6SSi/c1-17(2,3)27(21,22)20-11-12(20)13-14-15(25-19(7,8)24-14)16(23-13)26-28(9,10)18(4,5)6/h12-16H,11H2,1-10H3/t12-,13-,14+,15+,16-,20?/m1/s1. The van der Waals surface area contributed by atoms with Gasteiger partial charge >= 0.3 is 0 Å². The van der Waals surface area contributed by atoms with Crippen LogP contribution in [0.4, 0.5) is 0 Å². The number of fused-ring (bicyclic) bond motifs is 1. The van der Waals surface area contributed by atoms with Crippen molar-refractivity contribution < 1.29 is 27.1 Å². The van der Waals surface area contributed by atoms with Gasteiger partial charge in [0.15, 0.2) is 20.4 Å². The number of ether oxygens (including phenoxy) is 3. The molecule has 3 aliphatic heterocycles. The molecule has 0 aromatic carbocycles. The molecule has 0 aliphatic carbocycles. The van der Waals surface area contributed by atoms with Gasteiger partial charge in [-0.2, -0.15) is 4.31 Å². The first-order valence-corrected chi connectivity index (χ1v) is 14.4. The van der Waals surface area contributed by atoms with Gasteiger partial charge in [-0.3, -0.25) is 0 Å². The molecule has 3 aliphatic rings. The third kappa shape index (κ3) is 3.83. The Kier molecular flexibility index (Phi) is 5.24. The van der Waals surface area contributed by atoms with E-state index >= 15 is 0 Å². The third-order valence-electron chi connectivity index (χ3n) is 6.33. The van der Waals surface area contributed by atoms with Gasteiger partial charge in [-0.25, -0.2) is 8.42 Å². The van der Waals surface area contributed by atoms with Crippen LogP contribution in [-0.4, -0.2) is 68.8 Å². The summed E-state index contributed by atoms with van der Waals surface area (Å²) in [6.45, 7) is 20.2. The summed E-state index contributed by atoms with van der Waals surface area (Å²) in [5.41, 5.74) is 0. The maximum absolute atomic E-state index is 12.8. The fraction of sp³-hybridized carbons (Fsp3) is 1.00. The Morgan fingerprint density at radius 3 is 2.04 bits per heavy atom. The molecule has 164 valence electrons. The molecule has 3 saturated heterocycles. The van der Waals surface area contributed by atoms with Crippen molar-refractivity contribution in [3.63, 3.8) is 0 Å². The van der Waals surface area contributed by atoms with E-state index in [-0.39, 0.29) is 23.3 Å². The summed E-state index contributed by atoms with van der Waals surface area (Å²) in [6, 6.07) is -0.234. The molecule has 0 spiro atoms. The third-order valence-corrected chi connectivity index (χ3v) is 13.3. The molecular weight excluding hydrogens is 398 g/mol. The summed E-state index contributed by atoms with van der Waals surface area (Å²) in [7, 11) is -5.49. The zero-order chi connectivity index (χ0) is 21.5. The van der Waals surface area contributed by atoms with Crippen molar-refractivity contribution in [1.82, 2.24) is 4.31 Å². The van der Waals surface area contributed by atoms with E-state index < -0.39 is 41.3 Å². The SMILES string of the molecule is CC1(C)O[C@@H]2[C@H](O1)[C@@H](O[Si](C)(C)C(C)(C)C)O[C@@H]2[C@H]1CN1S(=O)(=O)C(C)(C)C. The molecule has 7 nitrogen and oxygen atoms in total. The summed E-state index contributed by atoms with van der Waals surface area (Å²) in [4.78, 5) is 0. The average Bonchev–Trinajstić information content (AvgIpc) is 3.12. The highest BCUT2D eigenvalue weighted by Gasteiger charge is 2.64. The molecule has 3 heterocycles. The van der Waals surface area contributed by atoms with Crippen LogP contribution in [-0.2, 0) is 28.7 Å². The lowest BCUT2D eigenvalue weighted by Gasteiger charge is -2.39. The maximum Gasteiger partial charge on any atom is 0.219 e. The molecule has 3 fully saturated rings. The van der Waals surface area contributed by atoms with E-state index in [1.165, 1.54) is 4.31 Å². The first-order valence-electron chi connectivity index (χ1n) is 10.1. The molecule has 3 rings (SSSR count). The molecular formula is C19H37NO6SSi. The predicted octanol–water partition coefficient (Wildman–Crippen LogP) is 3.07. The topological polar surface area (TPSA) is 74.1 Å². The minimum Gasteiger partial charge on any atom is -0.390 e. The molecule has 0 bridgehead atoms. The van der Waals surface area contributed by atoms with Crippen molar-refractivity contribution in [2.75, 3.05) is 6.54 Å². The number of hydrogen-bond donors (Lipinski definition) is 0. The van der Waals surface area contributed by atoms with Crippen LogP contribution in [0.5, 0.6) is 0 Å². The van der Waals surface area contributed by atoms with E-state index in [1.807, 2.05) is 13.8 Å². The summed E-state index contributed by atoms with van der Waals surface area (Å²) in [5, 5.41) is 0.0279. The molecule has 0 amide bonds. The Morgan fingerprint density at radius 1 is 1.00 bits per heavy atom. The lowest BCUT2D eigenvalue weighted by Crippen LogP contribution is -2.47. The Balaban J connectivity index is 1.81. The Bertz CT molecular complexity index is 724. The highest BCUT2D eigenvalue weighted by atomic mass is 32.2. The lowest BCUT2D eigenvalue weighted by atomic mass is 10.1. The van der Waals surface area contributed by atoms with Crippen LogP contribution in [0.1, 0.15) is 55.4 Å². The van der Waals surface area contributed by atoms with Gasteiger partial charge in [0.05, 0.1) is 10.8 Å². The van der Waals surface area contributed by atoms with Gasteiger partial charge in [0.25, 0.3) is 0 Å². The molecule has 6 atom stereocenters. The molecule has 0 aromatic heterocycles. The van der Waals surface area contributed by atoms with Gasteiger partial charge in [0, 0.05) is 6.54 Å². The van der Waals surface area contributed by atoms with Crippen molar-refractivity contribution >= 4 is 18.3 Å². The number of sulfonamides is 1. The second-order valence-electron chi connectivity index (χ2n) is 11.2. The molecule has 0 saturated carbocycles. The fourth-order valence-electron chi connectivity index (χ4n) is 3.50. The highest BCUT2D eigenvalue weighted by molar-refractivity contribution is 7.90. The maximum atomic E-state index is 12.8. The number of hydrogen-bond acceptors (Lipinski definition) is 6. The van der Waals surface area contributed by atoms with Gasteiger partial charge in [-0.1, -0.05) is 20.8 Å². The molecule has 0 aromatic rings. The van der Waals surface area contributed by atoms with Crippen LogP contribution < -0.4 is 0 Å². The number of nitrogens with zero attached hydrogens (tertiary/aromatic N) is 1. The molecule has 28 heavy (non-hydrogen) atoms. The van der Waals surface area contributed by atoms with E-state index in [1.54, 1.807) is 20.8 Å². The van der Waals surface area contributed by atoms with Crippen molar-refractivity contribution in [1.29, 1.82) is 0 Å². The van der Waals surface area contributed by atoms with Crippen LogP contribution >= 0.6 is 0 Å². The van der Waals surface area contributed by atoms with Crippen LogP contribution in [0.25, 0.3) is 0 Å². The van der Waals surface area contributed by atoms with Crippen molar-refractivity contribution in [3.8, 4) is 0 Å². The van der Waals surface area contributed by atoms with Crippen LogP contribution in [0.3, 0.4) is 0 Å². The van der Waals surface area contributed by atoms with Gasteiger partial charge in [0.1, 0.15) is 18.3 Å². The van der Waals surface area contributed by atoms with Gasteiger partial charge in [-0.05, 0) is 52.8 Å². The quantitative estimate of drug-likeness (QED) is 0.499. The minimum atomic E-state index is -3.40. The summed E-state index contributed by atoms with van der Waals surface area (Å²) >= 11 is 0.